The highest BCUT2D eigenvalue weighted by Crippen LogP contribution is 2.21. The molecule has 4 nitrogen and oxygen atoms in total. The third-order valence-corrected chi connectivity index (χ3v) is 2.94. The Morgan fingerprint density at radius 1 is 1.18 bits per heavy atom. The molecule has 1 N–H and O–H groups in total. The second-order valence-corrected chi connectivity index (χ2v) is 4.43. The number of carbonyl (C=O) groups is 1. The van der Waals surface area contributed by atoms with Gasteiger partial charge in [0.1, 0.15) is 5.57 Å². The average Bonchev–Trinajstić information content (AvgIpc) is 3.03. The van der Waals surface area contributed by atoms with Crippen LogP contribution in [0.25, 0.3) is 17.7 Å². The number of allylic oxidation sites excluding steroid dienone is 2. The summed E-state index contributed by atoms with van der Waals surface area (Å²) < 4.78 is 9.83. The summed E-state index contributed by atoms with van der Waals surface area (Å²) in [6.45, 7) is 0. The van der Waals surface area contributed by atoms with Crippen LogP contribution in [0.15, 0.2) is 65.7 Å². The summed E-state index contributed by atoms with van der Waals surface area (Å²) in [6.07, 6.45) is 11.9. The van der Waals surface area contributed by atoms with Gasteiger partial charge in [0.2, 0.25) is 0 Å². The topological polar surface area (TPSA) is 59.7 Å². The molecule has 0 bridgehead atoms. The predicted octanol–water partition coefficient (Wildman–Crippen LogP) is 4.08. The number of methoxy groups -OCH3 is 1. The summed E-state index contributed by atoms with van der Waals surface area (Å²) in [6, 6.07) is 9.10. The molecule has 22 heavy (non-hydrogen) atoms. The summed E-state index contributed by atoms with van der Waals surface area (Å²) in [5.41, 5.74) is 2.47. The van der Waals surface area contributed by atoms with Crippen molar-refractivity contribution in [2.45, 2.75) is 0 Å². The van der Waals surface area contributed by atoms with E-state index in [9.17, 15) is 9.90 Å². The van der Waals surface area contributed by atoms with Gasteiger partial charge in [0, 0.05) is 5.56 Å². The van der Waals surface area contributed by atoms with Gasteiger partial charge in [-0.05, 0) is 17.2 Å². The van der Waals surface area contributed by atoms with Crippen LogP contribution < -0.4 is 0 Å². The van der Waals surface area contributed by atoms with Crippen molar-refractivity contribution < 1.29 is 19.1 Å². The van der Waals surface area contributed by atoms with E-state index in [0.717, 1.165) is 11.1 Å². The number of carboxylic acid groups (broad SMARTS) is 1. The number of furan rings is 1. The van der Waals surface area contributed by atoms with Crippen LogP contribution in [0.5, 0.6) is 0 Å². The molecule has 2 aromatic rings. The minimum absolute atomic E-state index is 0.113. The largest absolute Gasteiger partial charge is 0.503 e. The first-order chi connectivity index (χ1) is 10.7. The molecule has 4 heteroatoms. The van der Waals surface area contributed by atoms with E-state index in [2.05, 4.69) is 0 Å². The zero-order valence-electron chi connectivity index (χ0n) is 12.1. The molecule has 2 rings (SSSR count). The number of carboxylic acids is 1. The lowest BCUT2D eigenvalue weighted by Gasteiger charge is -2.06. The van der Waals surface area contributed by atoms with Crippen molar-refractivity contribution >= 4 is 23.7 Å². The lowest BCUT2D eigenvalue weighted by Crippen LogP contribution is -2.02. The standard InChI is InChI=1S/C18H16O4/c1-21-13-17(18(19)20)16-9-5-4-8-15(16)7-3-2-6-14-10-11-22-12-14/h2-13H,1H3,(H,19,20)/b6-2+,7-3+,17-13+. The van der Waals surface area contributed by atoms with Crippen LogP contribution in [0, 0.1) is 0 Å². The Morgan fingerprint density at radius 3 is 2.64 bits per heavy atom. The summed E-state index contributed by atoms with van der Waals surface area (Å²) >= 11 is 0. The van der Waals surface area contributed by atoms with Crippen LogP contribution >= 0.6 is 0 Å². The van der Waals surface area contributed by atoms with Gasteiger partial charge in [-0.1, -0.05) is 48.6 Å². The molecule has 0 aliphatic heterocycles. The van der Waals surface area contributed by atoms with Gasteiger partial charge in [-0.15, -0.1) is 0 Å². The third-order valence-electron chi connectivity index (χ3n) is 2.94. The molecule has 0 fully saturated rings. The molecule has 0 aliphatic carbocycles. The molecule has 1 aromatic heterocycles. The van der Waals surface area contributed by atoms with Crippen molar-refractivity contribution in [3.8, 4) is 0 Å². The third kappa shape index (κ3) is 3.99. The summed E-state index contributed by atoms with van der Waals surface area (Å²) in [5, 5.41) is 9.28. The monoisotopic (exact) mass is 296 g/mol. The number of ether oxygens (including phenoxy) is 1. The van der Waals surface area contributed by atoms with E-state index in [1.165, 1.54) is 13.4 Å². The smallest absolute Gasteiger partial charge is 0.339 e. The average molecular weight is 296 g/mol. The van der Waals surface area contributed by atoms with Crippen LogP contribution in [0.1, 0.15) is 16.7 Å². The van der Waals surface area contributed by atoms with Crippen LogP contribution in [0.2, 0.25) is 0 Å². The maximum atomic E-state index is 11.3. The van der Waals surface area contributed by atoms with Gasteiger partial charge in [0.05, 0.1) is 25.9 Å². The highest BCUT2D eigenvalue weighted by Gasteiger charge is 2.13. The summed E-state index contributed by atoms with van der Waals surface area (Å²) in [4.78, 5) is 11.3. The second kappa shape index (κ2) is 7.69. The van der Waals surface area contributed by atoms with Crippen LogP contribution in [-0.2, 0) is 9.53 Å². The molecule has 1 heterocycles. The second-order valence-electron chi connectivity index (χ2n) is 4.43. The quantitative estimate of drug-likeness (QED) is 0.496. The van der Waals surface area contributed by atoms with Crippen LogP contribution in [-0.4, -0.2) is 18.2 Å². The Bertz CT molecular complexity index is 706. The lowest BCUT2D eigenvalue weighted by atomic mass is 10.00. The van der Waals surface area contributed by atoms with Gasteiger partial charge in [0.15, 0.2) is 0 Å². The first-order valence-corrected chi connectivity index (χ1v) is 6.65. The summed E-state index contributed by atoms with van der Waals surface area (Å²) in [5.74, 6) is -1.03. The Balaban J connectivity index is 2.24. The van der Waals surface area contributed by atoms with E-state index in [4.69, 9.17) is 9.15 Å². The molecular formula is C18H16O4. The molecule has 0 unspecified atom stereocenters. The van der Waals surface area contributed by atoms with Gasteiger partial charge >= 0.3 is 5.97 Å². The predicted molar refractivity (Wildman–Crippen MR) is 85.8 cm³/mol. The normalized spacial score (nSPS) is 12.1. The summed E-state index contributed by atoms with van der Waals surface area (Å²) in [7, 11) is 1.43. The number of hydrogen-bond donors (Lipinski definition) is 1. The molecule has 0 aliphatic rings. The molecule has 0 radical (unpaired) electrons. The first-order valence-electron chi connectivity index (χ1n) is 6.65. The highest BCUT2D eigenvalue weighted by molar-refractivity contribution is 6.16. The van der Waals surface area contributed by atoms with Gasteiger partial charge in [-0.25, -0.2) is 4.79 Å². The molecule has 0 saturated carbocycles. The molecular weight excluding hydrogens is 280 g/mol. The van der Waals surface area contributed by atoms with Crippen molar-refractivity contribution in [2.75, 3.05) is 7.11 Å². The van der Waals surface area contributed by atoms with Crippen molar-refractivity contribution in [1.29, 1.82) is 0 Å². The molecule has 0 saturated heterocycles. The van der Waals surface area contributed by atoms with Crippen molar-refractivity contribution in [1.82, 2.24) is 0 Å². The van der Waals surface area contributed by atoms with E-state index in [0.29, 0.717) is 5.56 Å². The van der Waals surface area contributed by atoms with Gasteiger partial charge < -0.3 is 14.3 Å². The number of hydrogen-bond acceptors (Lipinski definition) is 3. The van der Waals surface area contributed by atoms with Gasteiger partial charge in [0.25, 0.3) is 0 Å². The fourth-order valence-corrected chi connectivity index (χ4v) is 1.93. The number of aliphatic carboxylic acids is 1. The minimum Gasteiger partial charge on any atom is -0.503 e. The van der Waals surface area contributed by atoms with E-state index in [-0.39, 0.29) is 5.57 Å². The highest BCUT2D eigenvalue weighted by atomic mass is 16.5. The van der Waals surface area contributed by atoms with Crippen LogP contribution in [0.4, 0.5) is 0 Å². The first kappa shape index (κ1) is 15.4. The minimum atomic E-state index is -1.03. The zero-order valence-corrected chi connectivity index (χ0v) is 12.1. The van der Waals surface area contributed by atoms with E-state index in [1.54, 1.807) is 24.7 Å². The van der Waals surface area contributed by atoms with E-state index < -0.39 is 5.97 Å². The number of benzene rings is 1. The fourth-order valence-electron chi connectivity index (χ4n) is 1.93. The van der Waals surface area contributed by atoms with Crippen molar-refractivity contribution in [2.24, 2.45) is 0 Å². The Kier molecular flexibility index (Phi) is 5.37. The molecule has 112 valence electrons. The Labute approximate surface area is 128 Å². The van der Waals surface area contributed by atoms with Crippen molar-refractivity contribution in [3.63, 3.8) is 0 Å². The van der Waals surface area contributed by atoms with E-state index >= 15 is 0 Å². The van der Waals surface area contributed by atoms with Crippen LogP contribution in [0.3, 0.4) is 0 Å². The molecule has 0 amide bonds. The maximum Gasteiger partial charge on any atom is 0.339 e. The Hall–Kier alpha value is -3.01. The SMILES string of the molecule is CO/C=C(/C(=O)O)c1ccccc1/C=C/C=C/c1ccoc1. The van der Waals surface area contributed by atoms with Gasteiger partial charge in [-0.3, -0.25) is 0 Å². The fraction of sp³-hybridized carbons (Fsp3) is 0.0556. The van der Waals surface area contributed by atoms with Gasteiger partial charge in [-0.2, -0.15) is 0 Å². The molecule has 0 atom stereocenters. The van der Waals surface area contributed by atoms with E-state index in [1.807, 2.05) is 42.5 Å². The molecule has 1 aromatic carbocycles. The Morgan fingerprint density at radius 2 is 1.95 bits per heavy atom. The van der Waals surface area contributed by atoms with Crippen molar-refractivity contribution in [3.05, 3.63) is 78.0 Å². The number of rotatable bonds is 6. The molecule has 0 spiro atoms. The maximum absolute atomic E-state index is 11.3. The lowest BCUT2D eigenvalue weighted by molar-refractivity contribution is -0.130. The zero-order chi connectivity index (χ0) is 15.8.